The van der Waals surface area contributed by atoms with Crippen LogP contribution < -0.4 is 5.32 Å². The molecule has 1 aromatic heterocycles. The molecule has 2 rings (SSSR count). The number of aliphatic hydroxyl groups is 2. The Bertz CT molecular complexity index is 774. The van der Waals surface area contributed by atoms with Crippen molar-refractivity contribution >= 4 is 28.7 Å². The van der Waals surface area contributed by atoms with E-state index in [1.807, 2.05) is 24.3 Å². The van der Waals surface area contributed by atoms with Crippen molar-refractivity contribution in [3.8, 4) is 10.4 Å². The second-order valence-electron chi connectivity index (χ2n) is 4.46. The number of hydrogen-bond acceptors (Lipinski definition) is 4. The van der Waals surface area contributed by atoms with Crippen LogP contribution in [-0.4, -0.2) is 16.1 Å². The third-order valence-electron chi connectivity index (χ3n) is 2.86. The number of amides is 1. The normalized spacial score (nSPS) is 9.82. The van der Waals surface area contributed by atoms with Gasteiger partial charge >= 0.3 is 0 Å². The van der Waals surface area contributed by atoms with Crippen molar-refractivity contribution in [1.82, 2.24) is 0 Å². The van der Waals surface area contributed by atoms with Crippen molar-refractivity contribution in [2.45, 2.75) is 0 Å². The Labute approximate surface area is 132 Å². The summed E-state index contributed by atoms with van der Waals surface area (Å²) in [7, 11) is 0. The lowest BCUT2D eigenvalue weighted by Gasteiger charge is -2.03. The summed E-state index contributed by atoms with van der Waals surface area (Å²) in [5.74, 6) is -1.51. The number of aliphatic hydroxyl groups excluding tert-OH is 2. The predicted octanol–water partition coefficient (Wildman–Crippen LogP) is 4.29. The molecule has 0 fully saturated rings. The van der Waals surface area contributed by atoms with Gasteiger partial charge in [-0.25, -0.2) is 0 Å². The van der Waals surface area contributed by atoms with Crippen molar-refractivity contribution < 1.29 is 15.0 Å². The maximum absolute atomic E-state index is 11.5. The molecule has 0 aliphatic heterocycles. The van der Waals surface area contributed by atoms with Gasteiger partial charge < -0.3 is 15.5 Å². The molecule has 0 aliphatic carbocycles. The van der Waals surface area contributed by atoms with Gasteiger partial charge in [-0.05, 0) is 18.2 Å². The average molecular weight is 312 g/mol. The summed E-state index contributed by atoms with van der Waals surface area (Å²) in [5.41, 5.74) is 2.09. The zero-order valence-corrected chi connectivity index (χ0v) is 12.5. The fourth-order valence-electron chi connectivity index (χ4n) is 1.82. The summed E-state index contributed by atoms with van der Waals surface area (Å²) in [6.07, 6.45) is 2.80. The molecule has 22 heavy (non-hydrogen) atoms. The van der Waals surface area contributed by atoms with Crippen molar-refractivity contribution in [1.29, 1.82) is 0 Å². The van der Waals surface area contributed by atoms with E-state index in [9.17, 15) is 9.90 Å². The molecule has 0 unspecified atom stereocenters. The molecule has 110 valence electrons. The van der Waals surface area contributed by atoms with Crippen molar-refractivity contribution in [3.63, 3.8) is 0 Å². The number of hydrogen-bond donors (Lipinski definition) is 3. The largest absolute Gasteiger partial charge is 0.507 e. The van der Waals surface area contributed by atoms with E-state index in [1.165, 1.54) is 11.3 Å². The highest BCUT2D eigenvalue weighted by Gasteiger charge is 2.17. The third kappa shape index (κ3) is 3.23. The van der Waals surface area contributed by atoms with Gasteiger partial charge in [0.2, 0.25) is 0 Å². The van der Waals surface area contributed by atoms with Gasteiger partial charge in [0.25, 0.3) is 5.91 Å². The maximum Gasteiger partial charge on any atom is 0.289 e. The lowest BCUT2D eigenvalue weighted by Crippen LogP contribution is -2.13. The molecule has 0 atom stereocenters. The number of carbonyl (C=O) groups excluding carboxylic acids is 1. The average Bonchev–Trinajstić information content (AvgIpc) is 2.91. The van der Waals surface area contributed by atoms with E-state index in [0.717, 1.165) is 16.0 Å². The van der Waals surface area contributed by atoms with Crippen LogP contribution in [0.25, 0.3) is 16.2 Å². The Hall–Kier alpha value is -2.88. The quantitative estimate of drug-likeness (QED) is 0.438. The summed E-state index contributed by atoms with van der Waals surface area (Å²) in [4.78, 5) is 12.8. The van der Waals surface area contributed by atoms with Gasteiger partial charge in [-0.15, -0.1) is 11.3 Å². The van der Waals surface area contributed by atoms with Crippen molar-refractivity contribution in [3.05, 3.63) is 72.3 Å². The van der Waals surface area contributed by atoms with E-state index in [2.05, 4.69) is 31.1 Å². The lowest BCUT2D eigenvalue weighted by atomic mass is 10.1. The number of thiophene rings is 1. The Kier molecular flexibility index (Phi) is 4.41. The fourth-order valence-corrected chi connectivity index (χ4v) is 2.80. The summed E-state index contributed by atoms with van der Waals surface area (Å²) >= 11 is 1.27. The first-order valence-corrected chi connectivity index (χ1v) is 7.09. The van der Waals surface area contributed by atoms with Crippen molar-refractivity contribution in [2.75, 3.05) is 5.32 Å². The van der Waals surface area contributed by atoms with E-state index in [0.29, 0.717) is 10.6 Å². The van der Waals surface area contributed by atoms with Crippen LogP contribution in [0.2, 0.25) is 0 Å². The highest BCUT2D eigenvalue weighted by molar-refractivity contribution is 7.17. The predicted molar refractivity (Wildman–Crippen MR) is 89.8 cm³/mol. The molecule has 2 aromatic rings. The van der Waals surface area contributed by atoms with E-state index in [1.54, 1.807) is 6.07 Å². The Balaban J connectivity index is 2.45. The van der Waals surface area contributed by atoms with Crippen LogP contribution in [0.4, 0.5) is 5.69 Å². The first-order chi connectivity index (χ1) is 10.4. The van der Waals surface area contributed by atoms with E-state index in [-0.39, 0.29) is 5.76 Å². The molecule has 4 nitrogen and oxygen atoms in total. The first kappa shape index (κ1) is 15.5. The smallest absolute Gasteiger partial charge is 0.289 e. The first-order valence-electron chi connectivity index (χ1n) is 6.27. The highest BCUT2D eigenvalue weighted by atomic mass is 32.1. The van der Waals surface area contributed by atoms with Gasteiger partial charge in [0.1, 0.15) is 5.76 Å². The standard InChI is InChI=1S/C17H13NO3S/c1-4-12-6-5-7-13(8-12)15-9-14(16(22-15)10(2)19)18-17(21)11(3)20/h5-9H,1-3H2,(H2-,18,19,20,21)/p+1. The Morgan fingerprint density at radius 1 is 1.23 bits per heavy atom. The summed E-state index contributed by atoms with van der Waals surface area (Å²) < 4.78 is 0. The van der Waals surface area contributed by atoms with Crippen LogP contribution in [0.5, 0.6) is 0 Å². The molecule has 3 N–H and O–H groups in total. The van der Waals surface area contributed by atoms with Gasteiger partial charge in [-0.2, -0.15) is 0 Å². The topological polar surface area (TPSA) is 69.6 Å². The molecule has 0 bridgehead atoms. The Morgan fingerprint density at radius 3 is 2.55 bits per heavy atom. The number of anilines is 1. The molecule has 5 heteroatoms. The van der Waals surface area contributed by atoms with Crippen LogP contribution in [-0.2, 0) is 4.79 Å². The molecule has 0 radical (unpaired) electrons. The third-order valence-corrected chi connectivity index (χ3v) is 4.09. The second kappa shape index (κ2) is 6.26. The molecule has 0 saturated carbocycles. The van der Waals surface area contributed by atoms with Gasteiger partial charge in [0.05, 0.1) is 33.1 Å². The number of carbonyl (C=O) groups is 1. The van der Waals surface area contributed by atoms with Gasteiger partial charge in [0, 0.05) is 12.7 Å². The summed E-state index contributed by atoms with van der Waals surface area (Å²) in [6.45, 7) is 10.3. The summed E-state index contributed by atoms with van der Waals surface area (Å²) in [6, 6.07) is 9.22. The van der Waals surface area contributed by atoms with Crippen LogP contribution in [0.1, 0.15) is 10.4 Å². The number of benzene rings is 1. The second-order valence-corrected chi connectivity index (χ2v) is 5.51. The molecule has 0 spiro atoms. The van der Waals surface area contributed by atoms with Crippen LogP contribution in [0, 0.1) is 6.08 Å². The molecular formula is C17H14NO3S+. The minimum absolute atomic E-state index is 0.165. The molecule has 0 aliphatic rings. The van der Waals surface area contributed by atoms with Crippen LogP contribution in [0.3, 0.4) is 0 Å². The molecule has 1 amide bonds. The van der Waals surface area contributed by atoms with Crippen LogP contribution in [0.15, 0.2) is 55.8 Å². The van der Waals surface area contributed by atoms with Gasteiger partial charge in [-0.1, -0.05) is 13.2 Å². The zero-order valence-electron chi connectivity index (χ0n) is 11.7. The maximum atomic E-state index is 11.5. The van der Waals surface area contributed by atoms with Crippen LogP contribution >= 0.6 is 11.3 Å². The SMILES string of the molecule is C=[C+]c1cccc(-c2cc(NC(=O)C(=C)O)c(C(=C)O)s2)c1. The molecule has 0 saturated heterocycles. The van der Waals surface area contributed by atoms with Crippen molar-refractivity contribution in [2.24, 2.45) is 0 Å². The van der Waals surface area contributed by atoms with E-state index >= 15 is 0 Å². The minimum atomic E-state index is -0.736. The summed E-state index contributed by atoms with van der Waals surface area (Å²) in [5, 5.41) is 21.3. The monoisotopic (exact) mass is 312 g/mol. The van der Waals surface area contributed by atoms with Gasteiger partial charge in [0.15, 0.2) is 11.3 Å². The Morgan fingerprint density at radius 2 is 1.95 bits per heavy atom. The number of nitrogens with one attached hydrogen (secondary N) is 1. The zero-order chi connectivity index (χ0) is 16.3. The van der Waals surface area contributed by atoms with E-state index in [4.69, 9.17) is 5.11 Å². The molecule has 1 aromatic carbocycles. The highest BCUT2D eigenvalue weighted by Crippen LogP contribution is 2.38. The van der Waals surface area contributed by atoms with Gasteiger partial charge in [-0.3, -0.25) is 4.79 Å². The fraction of sp³-hybridized carbons (Fsp3) is 0. The molecule has 1 heterocycles. The number of rotatable bonds is 5. The lowest BCUT2D eigenvalue weighted by molar-refractivity contribution is -0.115. The minimum Gasteiger partial charge on any atom is -0.507 e. The van der Waals surface area contributed by atoms with E-state index < -0.39 is 11.7 Å². The molecular weight excluding hydrogens is 298 g/mol.